The van der Waals surface area contributed by atoms with Crippen molar-refractivity contribution in [1.29, 1.82) is 0 Å². The number of aliphatic hydroxyl groups is 1. The van der Waals surface area contributed by atoms with Crippen LogP contribution in [0.5, 0.6) is 0 Å². The Kier molecular flexibility index (Phi) is 6.80. The third kappa shape index (κ3) is 6.94. The zero-order valence-electron chi connectivity index (χ0n) is 11.2. The highest BCUT2D eigenvalue weighted by atomic mass is 16.3. The van der Waals surface area contributed by atoms with E-state index < -0.39 is 17.9 Å². The molecular weight excluding hydrogens is 220 g/mol. The van der Waals surface area contributed by atoms with Gasteiger partial charge in [-0.15, -0.1) is 0 Å². The van der Waals surface area contributed by atoms with Crippen LogP contribution in [0, 0.1) is 5.41 Å². The van der Waals surface area contributed by atoms with Crippen LogP contribution >= 0.6 is 0 Å². The van der Waals surface area contributed by atoms with Gasteiger partial charge in [0.1, 0.15) is 0 Å². The van der Waals surface area contributed by atoms with Crippen molar-refractivity contribution in [2.45, 2.75) is 46.6 Å². The quantitative estimate of drug-likeness (QED) is 0.614. The van der Waals surface area contributed by atoms with Crippen molar-refractivity contribution in [1.82, 2.24) is 10.6 Å². The molecule has 0 bridgehead atoms. The van der Waals surface area contributed by atoms with Gasteiger partial charge in [-0.2, -0.15) is 0 Å². The molecule has 0 aromatic heterocycles. The summed E-state index contributed by atoms with van der Waals surface area (Å²) in [5, 5.41) is 14.7. The molecule has 3 N–H and O–H groups in total. The SMILES string of the molecule is CCCNC(=O)C(=O)NCCC(O)C(C)(C)C. The highest BCUT2D eigenvalue weighted by Crippen LogP contribution is 2.20. The Morgan fingerprint density at radius 2 is 1.59 bits per heavy atom. The summed E-state index contributed by atoms with van der Waals surface area (Å²) in [6, 6.07) is 0. The fourth-order valence-electron chi connectivity index (χ4n) is 1.15. The minimum absolute atomic E-state index is 0.213. The van der Waals surface area contributed by atoms with Gasteiger partial charge in [-0.05, 0) is 18.3 Å². The van der Waals surface area contributed by atoms with Gasteiger partial charge in [0.25, 0.3) is 0 Å². The van der Waals surface area contributed by atoms with Crippen molar-refractivity contribution in [3.8, 4) is 0 Å². The molecule has 0 saturated heterocycles. The first kappa shape index (κ1) is 15.9. The summed E-state index contributed by atoms with van der Waals surface area (Å²) in [6.45, 7) is 8.49. The van der Waals surface area contributed by atoms with Crippen molar-refractivity contribution in [3.63, 3.8) is 0 Å². The van der Waals surface area contributed by atoms with E-state index in [0.29, 0.717) is 19.5 Å². The van der Waals surface area contributed by atoms with Crippen LogP contribution < -0.4 is 10.6 Å². The van der Waals surface area contributed by atoms with Crippen LogP contribution in [-0.2, 0) is 9.59 Å². The van der Waals surface area contributed by atoms with Gasteiger partial charge in [-0.3, -0.25) is 9.59 Å². The van der Waals surface area contributed by atoms with Crippen molar-refractivity contribution in [3.05, 3.63) is 0 Å². The minimum atomic E-state index is -0.639. The first-order chi connectivity index (χ1) is 7.79. The second-order valence-corrected chi connectivity index (χ2v) is 5.18. The van der Waals surface area contributed by atoms with Crippen molar-refractivity contribution in [2.24, 2.45) is 5.41 Å². The monoisotopic (exact) mass is 244 g/mol. The Morgan fingerprint density at radius 1 is 1.12 bits per heavy atom. The molecule has 5 heteroatoms. The van der Waals surface area contributed by atoms with Crippen LogP contribution in [0.4, 0.5) is 0 Å². The highest BCUT2D eigenvalue weighted by Gasteiger charge is 2.22. The molecule has 0 aromatic carbocycles. The maximum Gasteiger partial charge on any atom is 0.309 e. The highest BCUT2D eigenvalue weighted by molar-refractivity contribution is 6.35. The first-order valence-corrected chi connectivity index (χ1v) is 6.03. The number of hydrogen-bond donors (Lipinski definition) is 3. The van der Waals surface area contributed by atoms with Gasteiger partial charge >= 0.3 is 11.8 Å². The summed E-state index contributed by atoms with van der Waals surface area (Å²) in [7, 11) is 0. The molecule has 5 nitrogen and oxygen atoms in total. The largest absolute Gasteiger partial charge is 0.393 e. The fourth-order valence-corrected chi connectivity index (χ4v) is 1.15. The number of hydrogen-bond acceptors (Lipinski definition) is 3. The zero-order valence-corrected chi connectivity index (χ0v) is 11.2. The predicted octanol–water partition coefficient (Wildman–Crippen LogP) is 0.426. The van der Waals surface area contributed by atoms with Crippen LogP contribution in [-0.4, -0.2) is 36.1 Å². The Balaban J connectivity index is 3.82. The molecule has 0 saturated carbocycles. The zero-order chi connectivity index (χ0) is 13.5. The van der Waals surface area contributed by atoms with Crippen LogP contribution in [0.15, 0.2) is 0 Å². The van der Waals surface area contributed by atoms with Crippen LogP contribution in [0.2, 0.25) is 0 Å². The lowest BCUT2D eigenvalue weighted by Gasteiger charge is -2.25. The number of carbonyl (C=O) groups excluding carboxylic acids is 2. The third-order valence-corrected chi connectivity index (χ3v) is 2.44. The predicted molar refractivity (Wildman–Crippen MR) is 66.4 cm³/mol. The Bertz CT molecular complexity index is 259. The van der Waals surface area contributed by atoms with E-state index in [0.717, 1.165) is 6.42 Å². The maximum absolute atomic E-state index is 11.3. The molecule has 0 rings (SSSR count). The molecule has 17 heavy (non-hydrogen) atoms. The van der Waals surface area contributed by atoms with Crippen molar-refractivity contribution >= 4 is 11.8 Å². The molecule has 0 aliphatic heterocycles. The smallest absolute Gasteiger partial charge is 0.309 e. The summed E-state index contributed by atoms with van der Waals surface area (Å²) in [4.78, 5) is 22.5. The van der Waals surface area contributed by atoms with E-state index in [9.17, 15) is 14.7 Å². The molecule has 1 atom stereocenters. The van der Waals surface area contributed by atoms with Gasteiger partial charge < -0.3 is 15.7 Å². The molecule has 100 valence electrons. The van der Waals surface area contributed by atoms with Gasteiger partial charge in [0.05, 0.1) is 6.10 Å². The molecule has 0 fully saturated rings. The summed E-state index contributed by atoms with van der Waals surface area (Å²) in [5.74, 6) is -1.25. The molecular formula is C12H24N2O3. The van der Waals surface area contributed by atoms with Gasteiger partial charge in [0, 0.05) is 13.1 Å². The Labute approximate surface area is 103 Å². The van der Waals surface area contributed by atoms with E-state index in [-0.39, 0.29) is 5.41 Å². The summed E-state index contributed by atoms with van der Waals surface area (Å²) in [6.07, 6.45) is 0.736. The third-order valence-electron chi connectivity index (χ3n) is 2.44. The summed E-state index contributed by atoms with van der Waals surface area (Å²) in [5.41, 5.74) is -0.213. The Hall–Kier alpha value is -1.10. The second kappa shape index (κ2) is 7.27. The summed E-state index contributed by atoms with van der Waals surface area (Å²) >= 11 is 0. The molecule has 0 spiro atoms. The lowest BCUT2D eigenvalue weighted by molar-refractivity contribution is -0.139. The molecule has 0 aliphatic rings. The first-order valence-electron chi connectivity index (χ1n) is 6.03. The number of rotatable bonds is 5. The van der Waals surface area contributed by atoms with Gasteiger partial charge in [0.15, 0.2) is 0 Å². The number of carbonyl (C=O) groups is 2. The van der Waals surface area contributed by atoms with Crippen molar-refractivity contribution < 1.29 is 14.7 Å². The van der Waals surface area contributed by atoms with E-state index in [4.69, 9.17) is 0 Å². The Morgan fingerprint density at radius 3 is 2.00 bits per heavy atom. The average molecular weight is 244 g/mol. The second-order valence-electron chi connectivity index (χ2n) is 5.18. The standard InChI is InChI=1S/C12H24N2O3/c1-5-7-13-10(16)11(17)14-8-6-9(15)12(2,3)4/h9,15H,5-8H2,1-4H3,(H,13,16)(H,14,17). The number of nitrogens with one attached hydrogen (secondary N) is 2. The average Bonchev–Trinajstić information content (AvgIpc) is 2.24. The van der Waals surface area contributed by atoms with E-state index >= 15 is 0 Å². The summed E-state index contributed by atoms with van der Waals surface area (Å²) < 4.78 is 0. The topological polar surface area (TPSA) is 78.4 Å². The molecule has 0 aliphatic carbocycles. The molecule has 0 radical (unpaired) electrons. The minimum Gasteiger partial charge on any atom is -0.393 e. The van der Waals surface area contributed by atoms with Gasteiger partial charge in [0.2, 0.25) is 0 Å². The van der Waals surface area contributed by atoms with Crippen LogP contribution in [0.25, 0.3) is 0 Å². The van der Waals surface area contributed by atoms with E-state index in [1.165, 1.54) is 0 Å². The van der Waals surface area contributed by atoms with Gasteiger partial charge in [-0.1, -0.05) is 27.7 Å². The van der Waals surface area contributed by atoms with E-state index in [2.05, 4.69) is 10.6 Å². The molecule has 2 amide bonds. The number of aliphatic hydroxyl groups excluding tert-OH is 1. The van der Waals surface area contributed by atoms with Crippen LogP contribution in [0.1, 0.15) is 40.5 Å². The van der Waals surface area contributed by atoms with Crippen molar-refractivity contribution in [2.75, 3.05) is 13.1 Å². The van der Waals surface area contributed by atoms with E-state index in [1.54, 1.807) is 0 Å². The lowest BCUT2D eigenvalue weighted by Crippen LogP contribution is -2.41. The molecule has 1 unspecified atom stereocenters. The number of amides is 2. The fraction of sp³-hybridized carbons (Fsp3) is 0.833. The van der Waals surface area contributed by atoms with Crippen LogP contribution in [0.3, 0.4) is 0 Å². The maximum atomic E-state index is 11.3. The van der Waals surface area contributed by atoms with E-state index in [1.807, 2.05) is 27.7 Å². The van der Waals surface area contributed by atoms with Gasteiger partial charge in [-0.25, -0.2) is 0 Å². The normalized spacial score (nSPS) is 13.0. The molecule has 0 heterocycles. The molecule has 0 aromatic rings. The lowest BCUT2D eigenvalue weighted by atomic mass is 9.87.